The number of aryl methyl sites for hydroxylation is 1. The van der Waals surface area contributed by atoms with E-state index in [0.29, 0.717) is 17.2 Å². The summed E-state index contributed by atoms with van der Waals surface area (Å²) in [5.74, 6) is 0.495. The van der Waals surface area contributed by atoms with E-state index in [4.69, 9.17) is 0 Å². The van der Waals surface area contributed by atoms with Gasteiger partial charge in [0.25, 0.3) is 5.56 Å². The number of amides is 1. The van der Waals surface area contributed by atoms with E-state index < -0.39 is 11.2 Å². The van der Waals surface area contributed by atoms with Crippen LogP contribution in [0.3, 0.4) is 0 Å². The van der Waals surface area contributed by atoms with Crippen molar-refractivity contribution in [1.29, 1.82) is 0 Å². The molecule has 7 nitrogen and oxygen atoms in total. The predicted octanol–water partition coefficient (Wildman–Crippen LogP) is 0.639. The molecule has 25 heavy (non-hydrogen) atoms. The molecule has 0 spiro atoms. The molecule has 1 amide bonds. The third-order valence-corrected chi connectivity index (χ3v) is 5.42. The van der Waals surface area contributed by atoms with Gasteiger partial charge in [0.1, 0.15) is 0 Å². The third kappa shape index (κ3) is 4.60. The van der Waals surface area contributed by atoms with Crippen LogP contribution in [0.15, 0.2) is 9.59 Å². The quantitative estimate of drug-likeness (QED) is 0.836. The maximum Gasteiger partial charge on any atom is 0.325 e. The Morgan fingerprint density at radius 1 is 1.08 bits per heavy atom. The number of hydrogen-bond donors (Lipinski definition) is 2. The molecule has 7 heteroatoms. The van der Waals surface area contributed by atoms with Crippen LogP contribution >= 0.6 is 0 Å². The number of hydrogen-bond acceptors (Lipinski definition) is 4. The molecule has 2 aliphatic heterocycles. The van der Waals surface area contributed by atoms with E-state index in [1.165, 1.54) is 38.8 Å². The minimum absolute atomic E-state index is 0.0241. The van der Waals surface area contributed by atoms with Crippen molar-refractivity contribution in [1.82, 2.24) is 19.8 Å². The predicted molar refractivity (Wildman–Crippen MR) is 95.7 cm³/mol. The van der Waals surface area contributed by atoms with Gasteiger partial charge in [0, 0.05) is 30.9 Å². The number of aromatic nitrogens is 2. The van der Waals surface area contributed by atoms with Crippen molar-refractivity contribution < 1.29 is 4.79 Å². The number of carbonyl (C=O) groups excluding carboxylic acids is 1. The average Bonchev–Trinajstić information content (AvgIpc) is 2.59. The molecule has 2 N–H and O–H groups in total. The van der Waals surface area contributed by atoms with Gasteiger partial charge in [0.2, 0.25) is 5.91 Å². The zero-order valence-electron chi connectivity index (χ0n) is 15.0. The molecule has 1 aromatic rings. The lowest BCUT2D eigenvalue weighted by molar-refractivity contribution is -0.132. The highest BCUT2D eigenvalue weighted by atomic mass is 16.2. The summed E-state index contributed by atoms with van der Waals surface area (Å²) in [6.45, 7) is 6.62. The highest BCUT2D eigenvalue weighted by Crippen LogP contribution is 2.20. The second kappa shape index (κ2) is 7.99. The van der Waals surface area contributed by atoms with Crippen LogP contribution < -0.4 is 11.2 Å². The van der Waals surface area contributed by atoms with Crippen molar-refractivity contribution in [2.45, 2.75) is 45.4 Å². The number of nitrogens with one attached hydrogen (secondary N) is 2. The number of H-pyrrole nitrogens is 2. The second-order valence-corrected chi connectivity index (χ2v) is 7.40. The first-order valence-electron chi connectivity index (χ1n) is 9.35. The van der Waals surface area contributed by atoms with Crippen LogP contribution in [-0.4, -0.2) is 58.4 Å². The topological polar surface area (TPSA) is 89.3 Å². The van der Waals surface area contributed by atoms with Crippen LogP contribution in [0.1, 0.15) is 43.4 Å². The van der Waals surface area contributed by atoms with Crippen molar-refractivity contribution in [3.05, 3.63) is 32.1 Å². The summed E-state index contributed by atoms with van der Waals surface area (Å²) < 4.78 is 0. The summed E-state index contributed by atoms with van der Waals surface area (Å²) in [6, 6.07) is 0. The molecule has 0 aliphatic carbocycles. The molecule has 2 saturated heterocycles. The van der Waals surface area contributed by atoms with Crippen LogP contribution in [0, 0.1) is 12.8 Å². The van der Waals surface area contributed by atoms with E-state index in [2.05, 4.69) is 14.9 Å². The molecule has 2 aliphatic rings. The Hall–Kier alpha value is -1.89. The summed E-state index contributed by atoms with van der Waals surface area (Å²) in [5, 5.41) is 0. The van der Waals surface area contributed by atoms with Gasteiger partial charge in [0.15, 0.2) is 0 Å². The van der Waals surface area contributed by atoms with E-state index in [1.807, 2.05) is 4.90 Å². The fourth-order valence-corrected chi connectivity index (χ4v) is 4.05. The summed E-state index contributed by atoms with van der Waals surface area (Å²) in [4.78, 5) is 45.1. The Kier molecular flexibility index (Phi) is 5.73. The van der Waals surface area contributed by atoms with Gasteiger partial charge in [-0.15, -0.1) is 0 Å². The number of aromatic amines is 2. The summed E-state index contributed by atoms with van der Waals surface area (Å²) in [6.07, 6.45) is 6.13. The Morgan fingerprint density at radius 3 is 2.56 bits per heavy atom. The molecule has 3 rings (SSSR count). The zero-order valence-corrected chi connectivity index (χ0v) is 15.0. The minimum Gasteiger partial charge on any atom is -0.342 e. The first-order valence-corrected chi connectivity index (χ1v) is 9.35. The van der Waals surface area contributed by atoms with Gasteiger partial charge in [-0.25, -0.2) is 4.79 Å². The maximum atomic E-state index is 12.7. The molecule has 0 aromatic carbocycles. The first-order chi connectivity index (χ1) is 12.0. The molecule has 2 fully saturated rings. The van der Waals surface area contributed by atoms with Gasteiger partial charge >= 0.3 is 5.69 Å². The molecule has 0 saturated carbocycles. The van der Waals surface area contributed by atoms with E-state index in [0.717, 1.165) is 26.1 Å². The summed E-state index contributed by atoms with van der Waals surface area (Å²) in [7, 11) is 0. The monoisotopic (exact) mass is 348 g/mol. The SMILES string of the molecule is Cc1[nH]c(=O)[nH]c(=O)c1CC(=O)N1CCC[C@@H](CN2CCCCC2)C1. The highest BCUT2D eigenvalue weighted by Gasteiger charge is 2.26. The van der Waals surface area contributed by atoms with Gasteiger partial charge in [0.05, 0.1) is 6.42 Å². The van der Waals surface area contributed by atoms with Gasteiger partial charge in [-0.2, -0.15) is 0 Å². The molecule has 0 unspecified atom stereocenters. The maximum absolute atomic E-state index is 12.7. The van der Waals surface area contributed by atoms with Gasteiger partial charge in [-0.3, -0.25) is 14.6 Å². The Bertz CT molecular complexity index is 718. The van der Waals surface area contributed by atoms with Crippen LogP contribution in [0.25, 0.3) is 0 Å². The number of nitrogens with zero attached hydrogens (tertiary/aromatic N) is 2. The van der Waals surface area contributed by atoms with Gasteiger partial charge in [-0.1, -0.05) is 6.42 Å². The second-order valence-electron chi connectivity index (χ2n) is 7.40. The fraction of sp³-hybridized carbons (Fsp3) is 0.722. The molecular formula is C18H28N4O3. The van der Waals surface area contributed by atoms with Gasteiger partial charge < -0.3 is 14.8 Å². The fourth-order valence-electron chi connectivity index (χ4n) is 4.05. The van der Waals surface area contributed by atoms with E-state index in [1.54, 1.807) is 6.92 Å². The molecule has 1 atom stereocenters. The summed E-state index contributed by atoms with van der Waals surface area (Å²) >= 11 is 0. The van der Waals surface area contributed by atoms with Crippen LogP contribution in [0.4, 0.5) is 0 Å². The molecule has 3 heterocycles. The van der Waals surface area contributed by atoms with Crippen LogP contribution in [-0.2, 0) is 11.2 Å². The smallest absolute Gasteiger partial charge is 0.325 e. The van der Waals surface area contributed by atoms with Crippen molar-refractivity contribution in [2.75, 3.05) is 32.7 Å². The van der Waals surface area contributed by atoms with E-state index in [-0.39, 0.29) is 12.3 Å². The normalized spacial score (nSPS) is 22.1. The molecular weight excluding hydrogens is 320 g/mol. The Labute approximate surface area is 147 Å². The lowest BCUT2D eigenvalue weighted by Crippen LogP contribution is -2.45. The highest BCUT2D eigenvalue weighted by molar-refractivity contribution is 5.79. The number of likely N-dealkylation sites (tertiary alicyclic amines) is 2. The summed E-state index contributed by atoms with van der Waals surface area (Å²) in [5.41, 5.74) is -0.151. The number of rotatable bonds is 4. The van der Waals surface area contributed by atoms with Crippen LogP contribution in [0.2, 0.25) is 0 Å². The number of piperidine rings is 2. The lowest BCUT2D eigenvalue weighted by atomic mass is 9.96. The molecule has 1 aromatic heterocycles. The zero-order chi connectivity index (χ0) is 17.8. The van der Waals surface area contributed by atoms with E-state index in [9.17, 15) is 14.4 Å². The minimum atomic E-state index is -0.529. The third-order valence-electron chi connectivity index (χ3n) is 5.42. The lowest BCUT2D eigenvalue weighted by Gasteiger charge is -2.37. The first kappa shape index (κ1) is 17.9. The molecule has 0 bridgehead atoms. The van der Waals surface area contributed by atoms with Crippen molar-refractivity contribution >= 4 is 5.91 Å². The number of carbonyl (C=O) groups is 1. The van der Waals surface area contributed by atoms with Crippen molar-refractivity contribution in [2.24, 2.45) is 5.92 Å². The Balaban J connectivity index is 1.60. The largest absolute Gasteiger partial charge is 0.342 e. The van der Waals surface area contributed by atoms with E-state index >= 15 is 0 Å². The van der Waals surface area contributed by atoms with Crippen LogP contribution in [0.5, 0.6) is 0 Å². The molecule has 138 valence electrons. The van der Waals surface area contributed by atoms with Gasteiger partial charge in [-0.05, 0) is 51.6 Å². The average molecular weight is 348 g/mol. The van der Waals surface area contributed by atoms with Crippen molar-refractivity contribution in [3.63, 3.8) is 0 Å². The Morgan fingerprint density at radius 2 is 1.84 bits per heavy atom. The molecule has 0 radical (unpaired) electrons. The van der Waals surface area contributed by atoms with Crippen molar-refractivity contribution in [3.8, 4) is 0 Å². The standard InChI is InChI=1S/C18H28N4O3/c1-13-15(17(24)20-18(25)19-13)10-16(23)22-9-5-6-14(12-22)11-21-7-3-2-4-8-21/h14H,2-12H2,1H3,(H2,19,20,24,25)/t14-/m0/s1.